The number of hydrogen-bond acceptors (Lipinski definition) is 2. The quantitative estimate of drug-likeness (QED) is 0.929. The number of carbonyl (C=O) groups excluding carboxylic acids is 1. The maximum absolute atomic E-state index is 12.6. The van der Waals surface area contributed by atoms with Crippen LogP contribution in [0.1, 0.15) is 12.0 Å². The summed E-state index contributed by atoms with van der Waals surface area (Å²) in [6.45, 7) is 0.882. The van der Waals surface area contributed by atoms with Crippen LogP contribution < -0.4 is 0 Å². The second-order valence-electron chi connectivity index (χ2n) is 8.64. The molecular weight excluding hydrogens is 296 g/mol. The third-order valence-corrected chi connectivity index (χ3v) is 8.19. The number of benzene rings is 1. The van der Waals surface area contributed by atoms with Gasteiger partial charge >= 0.3 is 0 Å². The topological polar surface area (TPSA) is 45.2 Å². The maximum atomic E-state index is 12.6. The lowest BCUT2D eigenvalue weighted by atomic mass is 9.59. The van der Waals surface area contributed by atoms with Crippen molar-refractivity contribution in [1.29, 1.82) is 0 Å². The predicted octanol–water partition coefficient (Wildman–Crippen LogP) is 3.11. The molecule has 0 aliphatic heterocycles. The Morgan fingerprint density at radius 2 is 1.88 bits per heavy atom. The minimum atomic E-state index is 0.381. The molecule has 0 amide bonds. The van der Waals surface area contributed by atoms with Crippen LogP contribution in [-0.4, -0.2) is 23.0 Å². The molecule has 1 aromatic carbocycles. The molecule has 3 nitrogen and oxygen atoms in total. The fraction of sp³-hybridized carbons (Fsp3) is 0.524. The fourth-order valence-electron chi connectivity index (χ4n) is 7.69. The second-order valence-corrected chi connectivity index (χ2v) is 8.64. The van der Waals surface area contributed by atoms with Crippen molar-refractivity contribution < 1.29 is 4.79 Å². The van der Waals surface area contributed by atoms with E-state index in [4.69, 9.17) is 4.99 Å². The van der Waals surface area contributed by atoms with Gasteiger partial charge in [-0.05, 0) is 48.1 Å². The average Bonchev–Trinajstić information content (AvgIpc) is 3.23. The van der Waals surface area contributed by atoms with Gasteiger partial charge in [0.2, 0.25) is 0 Å². The van der Waals surface area contributed by atoms with Crippen molar-refractivity contribution in [3.05, 3.63) is 36.0 Å². The average molecular weight is 316 g/mol. The summed E-state index contributed by atoms with van der Waals surface area (Å²) in [5.74, 6) is 5.71. The van der Waals surface area contributed by atoms with Gasteiger partial charge < -0.3 is 4.98 Å². The zero-order valence-electron chi connectivity index (χ0n) is 13.5. The monoisotopic (exact) mass is 316 g/mol. The number of nitrogens with zero attached hydrogens (tertiary/aromatic N) is 1. The first kappa shape index (κ1) is 12.5. The van der Waals surface area contributed by atoms with Crippen LogP contribution in [0, 0.1) is 47.3 Å². The Morgan fingerprint density at radius 3 is 2.83 bits per heavy atom. The summed E-state index contributed by atoms with van der Waals surface area (Å²) in [6.07, 6.45) is 4.47. The molecule has 120 valence electrons. The Hall–Kier alpha value is -1.90. The molecule has 1 N–H and O–H groups in total. The van der Waals surface area contributed by atoms with Crippen molar-refractivity contribution >= 4 is 22.4 Å². The number of ketones is 1. The van der Waals surface area contributed by atoms with E-state index in [0.717, 1.165) is 36.6 Å². The molecule has 0 spiro atoms. The maximum Gasteiger partial charge on any atom is 0.140 e. The second kappa shape index (κ2) is 3.84. The molecular formula is C21H20N2O. The molecule has 5 saturated carbocycles. The minimum absolute atomic E-state index is 0.381. The van der Waals surface area contributed by atoms with E-state index in [1.54, 1.807) is 0 Å². The van der Waals surface area contributed by atoms with Gasteiger partial charge in [0, 0.05) is 53.0 Å². The molecule has 1 aromatic heterocycles. The molecule has 5 aliphatic carbocycles. The van der Waals surface area contributed by atoms with E-state index in [-0.39, 0.29) is 0 Å². The standard InChI is InChI=1S/C21H20N2O/c24-21-17-12-7-11-14-15(12)19(21)18(14)20(16(11)17)22-6-5-9-8-23-13-4-2-1-3-10(9)13/h1-4,8,11-12,14-19,23H,5-7H2/t11-,12+,14-,15+,16-,17-,18-,19-/m1/s1. The summed E-state index contributed by atoms with van der Waals surface area (Å²) >= 11 is 0. The number of aliphatic imine (C=N–C) groups is 1. The highest BCUT2D eigenvalue weighted by Gasteiger charge is 2.83. The molecule has 2 aromatic rings. The minimum Gasteiger partial charge on any atom is -0.361 e. The van der Waals surface area contributed by atoms with Crippen LogP contribution in [0.5, 0.6) is 0 Å². The van der Waals surface area contributed by atoms with Crippen molar-refractivity contribution in [2.75, 3.05) is 6.54 Å². The summed E-state index contributed by atoms with van der Waals surface area (Å²) in [5.41, 5.74) is 4.05. The Labute approximate surface area is 140 Å². The van der Waals surface area contributed by atoms with Gasteiger partial charge in [0.15, 0.2) is 0 Å². The molecule has 0 radical (unpaired) electrons. The Balaban J connectivity index is 1.20. The zero-order chi connectivity index (χ0) is 15.6. The van der Waals surface area contributed by atoms with Gasteiger partial charge in [-0.15, -0.1) is 0 Å². The van der Waals surface area contributed by atoms with Gasteiger partial charge in [-0.25, -0.2) is 0 Å². The molecule has 7 rings (SSSR count). The normalized spacial score (nSPS) is 47.5. The number of aromatic nitrogens is 1. The van der Waals surface area contributed by atoms with Crippen LogP contribution in [0.15, 0.2) is 35.5 Å². The first-order valence-electron chi connectivity index (χ1n) is 9.47. The van der Waals surface area contributed by atoms with Crippen molar-refractivity contribution in [3.8, 4) is 0 Å². The first-order chi connectivity index (χ1) is 11.8. The molecule has 8 atom stereocenters. The Kier molecular flexibility index (Phi) is 2.00. The van der Waals surface area contributed by atoms with Crippen LogP contribution in [0.4, 0.5) is 0 Å². The molecule has 3 heteroatoms. The predicted molar refractivity (Wildman–Crippen MR) is 91.8 cm³/mol. The van der Waals surface area contributed by atoms with Crippen LogP contribution in [0.3, 0.4) is 0 Å². The van der Waals surface area contributed by atoms with E-state index in [1.807, 2.05) is 0 Å². The third-order valence-electron chi connectivity index (χ3n) is 8.19. The Morgan fingerprint density at radius 1 is 1.04 bits per heavy atom. The lowest BCUT2D eigenvalue weighted by Crippen LogP contribution is -2.48. The number of H-pyrrole nitrogens is 1. The summed E-state index contributed by atoms with van der Waals surface area (Å²) < 4.78 is 0. The largest absolute Gasteiger partial charge is 0.361 e. The van der Waals surface area contributed by atoms with E-state index in [2.05, 4.69) is 35.4 Å². The number of para-hydroxylation sites is 1. The highest BCUT2D eigenvalue weighted by Crippen LogP contribution is 2.80. The van der Waals surface area contributed by atoms with Crippen molar-refractivity contribution in [1.82, 2.24) is 4.98 Å². The lowest BCUT2D eigenvalue weighted by molar-refractivity contribution is -0.129. The number of hydrogen-bond donors (Lipinski definition) is 1. The van der Waals surface area contributed by atoms with Gasteiger partial charge in [0.1, 0.15) is 5.78 Å². The van der Waals surface area contributed by atoms with Crippen LogP contribution in [0.2, 0.25) is 0 Å². The van der Waals surface area contributed by atoms with Gasteiger partial charge in [0.25, 0.3) is 0 Å². The van der Waals surface area contributed by atoms with Crippen LogP contribution in [0.25, 0.3) is 10.9 Å². The summed E-state index contributed by atoms with van der Waals surface area (Å²) in [6, 6.07) is 8.50. The molecule has 1 heterocycles. The van der Waals surface area contributed by atoms with E-state index in [0.29, 0.717) is 29.5 Å². The van der Waals surface area contributed by atoms with Gasteiger partial charge in [0.05, 0.1) is 0 Å². The number of aromatic amines is 1. The van der Waals surface area contributed by atoms with Crippen LogP contribution in [-0.2, 0) is 11.2 Å². The van der Waals surface area contributed by atoms with Crippen molar-refractivity contribution in [2.24, 2.45) is 52.3 Å². The lowest BCUT2D eigenvalue weighted by Gasteiger charge is -2.43. The molecule has 24 heavy (non-hydrogen) atoms. The van der Waals surface area contributed by atoms with E-state index >= 15 is 0 Å². The number of rotatable bonds is 3. The number of fused-ring (bicyclic) bond motifs is 3. The molecule has 0 unspecified atom stereocenters. The summed E-state index contributed by atoms with van der Waals surface area (Å²) in [7, 11) is 0. The molecule has 2 bridgehead atoms. The van der Waals surface area contributed by atoms with E-state index in [1.165, 1.54) is 28.6 Å². The smallest absolute Gasteiger partial charge is 0.140 e. The van der Waals surface area contributed by atoms with E-state index < -0.39 is 0 Å². The third kappa shape index (κ3) is 1.14. The summed E-state index contributed by atoms with van der Waals surface area (Å²) in [5, 5.41) is 1.33. The highest BCUT2D eigenvalue weighted by atomic mass is 16.1. The summed E-state index contributed by atoms with van der Waals surface area (Å²) in [4.78, 5) is 21.1. The van der Waals surface area contributed by atoms with Crippen molar-refractivity contribution in [2.45, 2.75) is 12.8 Å². The van der Waals surface area contributed by atoms with Crippen LogP contribution >= 0.6 is 0 Å². The highest BCUT2D eigenvalue weighted by molar-refractivity contribution is 6.08. The van der Waals surface area contributed by atoms with Gasteiger partial charge in [-0.2, -0.15) is 0 Å². The van der Waals surface area contributed by atoms with E-state index in [9.17, 15) is 4.79 Å². The zero-order valence-corrected chi connectivity index (χ0v) is 13.5. The Bertz CT molecular complexity index is 940. The molecule has 5 aliphatic rings. The number of Topliss-reactive ketones (excluding diaryl/α,β-unsaturated/α-hetero) is 1. The first-order valence-corrected chi connectivity index (χ1v) is 9.47. The molecule has 5 fully saturated rings. The number of carbonyl (C=O) groups is 1. The fourth-order valence-corrected chi connectivity index (χ4v) is 7.69. The molecule has 0 saturated heterocycles. The van der Waals surface area contributed by atoms with Gasteiger partial charge in [-0.1, -0.05) is 18.2 Å². The number of nitrogens with one attached hydrogen (secondary N) is 1. The van der Waals surface area contributed by atoms with Gasteiger partial charge in [-0.3, -0.25) is 9.79 Å². The SMILES string of the molecule is O=C1[C@@H]2[C@H]3C[C@H]4[C@H]2C(=NCCc2c[nH]c5ccccc25)[C@H]2[C@H]1[C@@H]3[C@@H]42. The van der Waals surface area contributed by atoms with Crippen molar-refractivity contribution in [3.63, 3.8) is 0 Å².